The lowest BCUT2D eigenvalue weighted by molar-refractivity contribution is -0.121. The maximum absolute atomic E-state index is 11.8. The molecular weight excluding hydrogens is 288 g/mol. The van der Waals surface area contributed by atoms with E-state index >= 15 is 0 Å². The van der Waals surface area contributed by atoms with Crippen LogP contribution in [0.2, 0.25) is 0 Å². The van der Waals surface area contributed by atoms with Crippen LogP contribution in [-0.4, -0.2) is 28.7 Å². The summed E-state index contributed by atoms with van der Waals surface area (Å²) in [4.78, 5) is 24.5. The number of thiophene rings is 1. The van der Waals surface area contributed by atoms with Gasteiger partial charge in [-0.2, -0.15) is 0 Å². The zero-order valence-corrected chi connectivity index (χ0v) is 12.4. The fraction of sp³-hybridized carbons (Fsp3) is 0.333. The number of carbonyl (C=O) groups excluding carboxylic acids is 1. The van der Waals surface area contributed by atoms with Gasteiger partial charge >= 0.3 is 0 Å². The third-order valence-electron chi connectivity index (χ3n) is 3.13. The molecule has 6 heteroatoms. The van der Waals surface area contributed by atoms with Gasteiger partial charge < -0.3 is 15.0 Å². The van der Waals surface area contributed by atoms with E-state index in [-0.39, 0.29) is 30.5 Å². The van der Waals surface area contributed by atoms with Crippen LogP contribution in [0.5, 0.6) is 0 Å². The molecule has 0 aliphatic heterocycles. The number of aliphatic hydroxyl groups is 1. The molecule has 1 amide bonds. The largest absolute Gasteiger partial charge is 0.396 e. The van der Waals surface area contributed by atoms with E-state index in [9.17, 15) is 14.7 Å². The minimum absolute atomic E-state index is 0.00315. The summed E-state index contributed by atoms with van der Waals surface area (Å²) in [7, 11) is 0. The Balaban J connectivity index is 1.82. The van der Waals surface area contributed by atoms with Crippen molar-refractivity contribution >= 4 is 17.2 Å². The van der Waals surface area contributed by atoms with E-state index < -0.39 is 0 Å². The van der Waals surface area contributed by atoms with E-state index in [2.05, 4.69) is 5.32 Å². The predicted octanol–water partition coefficient (Wildman–Crippen LogP) is 0.877. The average Bonchev–Trinajstić information content (AvgIpc) is 2.99. The van der Waals surface area contributed by atoms with Crippen molar-refractivity contribution in [3.8, 4) is 0 Å². The first-order chi connectivity index (χ1) is 10.2. The maximum Gasteiger partial charge on any atom is 0.250 e. The van der Waals surface area contributed by atoms with E-state index in [1.54, 1.807) is 29.7 Å². The number of pyridine rings is 1. The molecule has 0 radical (unpaired) electrons. The molecule has 21 heavy (non-hydrogen) atoms. The number of rotatable bonds is 7. The highest BCUT2D eigenvalue weighted by atomic mass is 32.1. The molecule has 0 aliphatic rings. The van der Waals surface area contributed by atoms with Gasteiger partial charge in [-0.25, -0.2) is 0 Å². The number of aromatic nitrogens is 1. The zero-order chi connectivity index (χ0) is 15.1. The van der Waals surface area contributed by atoms with Crippen molar-refractivity contribution in [2.75, 3.05) is 13.2 Å². The number of nitrogens with one attached hydrogen (secondary N) is 1. The Morgan fingerprint density at radius 1 is 1.33 bits per heavy atom. The fourth-order valence-electron chi connectivity index (χ4n) is 1.97. The Kier molecular flexibility index (Phi) is 5.71. The number of nitrogens with zero attached hydrogens (tertiary/aromatic N) is 1. The van der Waals surface area contributed by atoms with Crippen molar-refractivity contribution in [2.45, 2.75) is 13.0 Å². The van der Waals surface area contributed by atoms with E-state index in [0.717, 1.165) is 6.42 Å². The molecule has 2 aromatic rings. The average molecular weight is 306 g/mol. The van der Waals surface area contributed by atoms with Crippen LogP contribution in [0.3, 0.4) is 0 Å². The third kappa shape index (κ3) is 4.84. The second kappa shape index (κ2) is 7.75. The lowest BCUT2D eigenvalue weighted by atomic mass is 10.1. The number of amides is 1. The van der Waals surface area contributed by atoms with Gasteiger partial charge in [0.05, 0.1) is 0 Å². The Labute approximate surface area is 126 Å². The predicted molar refractivity (Wildman–Crippen MR) is 82.3 cm³/mol. The molecule has 2 N–H and O–H groups in total. The summed E-state index contributed by atoms with van der Waals surface area (Å²) in [6, 6.07) is 8.75. The first kappa shape index (κ1) is 15.5. The van der Waals surface area contributed by atoms with Crippen molar-refractivity contribution in [1.82, 2.24) is 9.88 Å². The third-order valence-corrected chi connectivity index (χ3v) is 4.03. The second-order valence-electron chi connectivity index (χ2n) is 4.80. The molecule has 1 atom stereocenters. The van der Waals surface area contributed by atoms with Gasteiger partial charge in [0.25, 0.3) is 5.56 Å². The molecule has 0 spiro atoms. The number of hydrogen-bond donors (Lipinski definition) is 2. The molecule has 5 nitrogen and oxygen atoms in total. The molecule has 0 bridgehead atoms. The smallest absolute Gasteiger partial charge is 0.250 e. The van der Waals surface area contributed by atoms with Crippen molar-refractivity contribution in [3.05, 3.63) is 57.1 Å². The highest BCUT2D eigenvalue weighted by molar-refractivity contribution is 7.09. The lowest BCUT2D eigenvalue weighted by Gasteiger charge is -2.14. The molecule has 0 aromatic carbocycles. The molecule has 0 aliphatic carbocycles. The summed E-state index contributed by atoms with van der Waals surface area (Å²) in [5, 5.41) is 14.1. The zero-order valence-electron chi connectivity index (χ0n) is 11.6. The van der Waals surface area contributed by atoms with Crippen LogP contribution >= 0.6 is 11.3 Å². The summed E-state index contributed by atoms with van der Waals surface area (Å²) in [5.41, 5.74) is -0.204. The minimum atomic E-state index is -0.229. The van der Waals surface area contributed by atoms with Crippen LogP contribution in [0.15, 0.2) is 46.7 Å². The SMILES string of the molecule is O=C(Cn1ccccc1=O)NC[C@@H](CO)Cc1cccs1. The normalized spacial score (nSPS) is 12.0. The van der Waals surface area contributed by atoms with E-state index in [1.165, 1.54) is 15.5 Å². The van der Waals surface area contributed by atoms with Crippen LogP contribution in [0.25, 0.3) is 0 Å². The molecular formula is C15H18N2O3S. The summed E-state index contributed by atoms with van der Waals surface area (Å²) in [5.74, 6) is -0.243. The van der Waals surface area contributed by atoms with Gasteiger partial charge in [-0.1, -0.05) is 12.1 Å². The Bertz CT molecular complexity index is 622. The molecule has 0 fully saturated rings. The van der Waals surface area contributed by atoms with Gasteiger partial charge in [0, 0.05) is 36.2 Å². The first-order valence-electron chi connectivity index (χ1n) is 6.74. The molecule has 2 aromatic heterocycles. The van der Waals surface area contributed by atoms with Gasteiger partial charge in [0.15, 0.2) is 0 Å². The van der Waals surface area contributed by atoms with Crippen LogP contribution in [0.4, 0.5) is 0 Å². The first-order valence-corrected chi connectivity index (χ1v) is 7.62. The lowest BCUT2D eigenvalue weighted by Crippen LogP contribution is -2.36. The number of hydrogen-bond acceptors (Lipinski definition) is 4. The summed E-state index contributed by atoms with van der Waals surface area (Å²) >= 11 is 1.64. The molecule has 112 valence electrons. The molecule has 0 saturated carbocycles. The van der Waals surface area contributed by atoms with Crippen LogP contribution in [0, 0.1) is 5.92 Å². The minimum Gasteiger partial charge on any atom is -0.396 e. The van der Waals surface area contributed by atoms with Gasteiger partial charge in [-0.05, 0) is 23.9 Å². The standard InChI is InChI=1S/C15H18N2O3S/c18-11-12(8-13-4-3-7-21-13)9-16-14(19)10-17-6-2-1-5-15(17)20/h1-7,12,18H,8-11H2,(H,16,19)/t12-/m0/s1. The van der Waals surface area contributed by atoms with E-state index in [0.29, 0.717) is 6.54 Å². The van der Waals surface area contributed by atoms with Crippen LogP contribution in [-0.2, 0) is 17.8 Å². The molecule has 0 saturated heterocycles. The van der Waals surface area contributed by atoms with Gasteiger partial charge in [-0.3, -0.25) is 9.59 Å². The summed E-state index contributed by atoms with van der Waals surface area (Å²) in [6.45, 7) is 0.412. The Hall–Kier alpha value is -1.92. The molecule has 2 rings (SSSR count). The van der Waals surface area contributed by atoms with Crippen molar-refractivity contribution in [1.29, 1.82) is 0 Å². The van der Waals surface area contributed by atoms with Crippen LogP contribution in [0.1, 0.15) is 4.88 Å². The number of aliphatic hydroxyl groups excluding tert-OH is 1. The molecule has 2 heterocycles. The second-order valence-corrected chi connectivity index (χ2v) is 5.84. The monoisotopic (exact) mass is 306 g/mol. The highest BCUT2D eigenvalue weighted by Crippen LogP contribution is 2.13. The fourth-order valence-corrected chi connectivity index (χ4v) is 2.80. The van der Waals surface area contributed by atoms with Gasteiger partial charge in [0.1, 0.15) is 6.54 Å². The Morgan fingerprint density at radius 3 is 2.86 bits per heavy atom. The highest BCUT2D eigenvalue weighted by Gasteiger charge is 2.11. The summed E-state index contributed by atoms with van der Waals surface area (Å²) < 4.78 is 1.35. The van der Waals surface area contributed by atoms with Crippen molar-refractivity contribution in [3.63, 3.8) is 0 Å². The van der Waals surface area contributed by atoms with E-state index in [4.69, 9.17) is 0 Å². The van der Waals surface area contributed by atoms with Crippen LogP contribution < -0.4 is 10.9 Å². The van der Waals surface area contributed by atoms with Crippen molar-refractivity contribution in [2.24, 2.45) is 5.92 Å². The van der Waals surface area contributed by atoms with E-state index in [1.807, 2.05) is 17.5 Å². The topological polar surface area (TPSA) is 71.3 Å². The Morgan fingerprint density at radius 2 is 2.19 bits per heavy atom. The maximum atomic E-state index is 11.8. The van der Waals surface area contributed by atoms with Gasteiger partial charge in [0.2, 0.25) is 5.91 Å². The van der Waals surface area contributed by atoms with Gasteiger partial charge in [-0.15, -0.1) is 11.3 Å². The molecule has 0 unspecified atom stereocenters. The quantitative estimate of drug-likeness (QED) is 0.797. The number of carbonyl (C=O) groups is 1. The summed E-state index contributed by atoms with van der Waals surface area (Å²) in [6.07, 6.45) is 2.32. The van der Waals surface area contributed by atoms with Crippen molar-refractivity contribution < 1.29 is 9.90 Å².